The normalized spacial score (nSPS) is 15.3. The first-order valence-corrected chi connectivity index (χ1v) is 19.0. The first-order valence-electron chi connectivity index (χ1n) is 15.1. The second-order valence-electron chi connectivity index (χ2n) is 10.6. The van der Waals surface area contributed by atoms with Crippen LogP contribution in [0.2, 0.25) is 0 Å². The zero-order valence-electron chi connectivity index (χ0n) is 26.6. The van der Waals surface area contributed by atoms with Crippen molar-refractivity contribution >= 4 is 37.3 Å². The third-order valence-corrected chi connectivity index (χ3v) is 10.2. The molecular formula is C36H37O9PS2. The van der Waals surface area contributed by atoms with Crippen LogP contribution in [-0.4, -0.2) is 42.4 Å². The molecule has 1 aliphatic heterocycles. The van der Waals surface area contributed by atoms with E-state index in [2.05, 4.69) is 0 Å². The number of rotatable bonds is 18. The SMILES string of the molecule is CSc1ccc(COC2=C(OCc3ccc(SC)cc3)[C@@H]([C@H](CO)OP(=O)(OCc3ccccc3)OCc3ccccc3)OC2=O)cc1. The van der Waals surface area contributed by atoms with Gasteiger partial charge >= 0.3 is 13.8 Å². The van der Waals surface area contributed by atoms with Crippen molar-refractivity contribution in [1.29, 1.82) is 0 Å². The summed E-state index contributed by atoms with van der Waals surface area (Å²) in [6, 6.07) is 33.7. The van der Waals surface area contributed by atoms with Crippen LogP contribution in [0.3, 0.4) is 0 Å². The lowest BCUT2D eigenvalue weighted by Gasteiger charge is -2.27. The number of cyclic esters (lactones) is 1. The molecule has 12 heteroatoms. The second-order valence-corrected chi connectivity index (χ2v) is 14.0. The molecule has 0 fully saturated rings. The fraction of sp³-hybridized carbons (Fsp3) is 0.250. The fourth-order valence-electron chi connectivity index (χ4n) is 4.64. The zero-order chi connectivity index (χ0) is 33.8. The Hall–Kier alpha value is -3.54. The minimum atomic E-state index is -4.37. The molecule has 1 aliphatic rings. The number of hydrogen-bond donors (Lipinski definition) is 1. The molecule has 0 spiro atoms. The highest BCUT2D eigenvalue weighted by Crippen LogP contribution is 2.53. The summed E-state index contributed by atoms with van der Waals surface area (Å²) in [5.41, 5.74) is 3.12. The Morgan fingerprint density at radius 1 is 0.688 bits per heavy atom. The molecule has 252 valence electrons. The van der Waals surface area contributed by atoms with Crippen molar-refractivity contribution in [3.8, 4) is 0 Å². The van der Waals surface area contributed by atoms with Crippen LogP contribution in [0.1, 0.15) is 22.3 Å². The van der Waals surface area contributed by atoms with Gasteiger partial charge in [0.2, 0.25) is 5.76 Å². The lowest BCUT2D eigenvalue weighted by atomic mass is 10.1. The lowest BCUT2D eigenvalue weighted by Crippen LogP contribution is -2.35. The summed E-state index contributed by atoms with van der Waals surface area (Å²) in [7, 11) is -4.37. The number of carbonyl (C=O) groups is 1. The lowest BCUT2D eigenvalue weighted by molar-refractivity contribution is -0.148. The van der Waals surface area contributed by atoms with Crippen molar-refractivity contribution in [2.24, 2.45) is 0 Å². The number of benzene rings is 4. The molecule has 2 atom stereocenters. The molecule has 1 N–H and O–H groups in total. The molecule has 0 saturated heterocycles. The molecule has 0 aliphatic carbocycles. The maximum atomic E-state index is 14.1. The molecular weight excluding hydrogens is 671 g/mol. The van der Waals surface area contributed by atoms with E-state index >= 15 is 0 Å². The van der Waals surface area contributed by atoms with Crippen molar-refractivity contribution in [1.82, 2.24) is 0 Å². The molecule has 4 aromatic rings. The number of phosphoric acid groups is 1. The summed E-state index contributed by atoms with van der Waals surface area (Å²) in [6.07, 6.45) is 1.28. The van der Waals surface area contributed by atoms with Crippen LogP contribution in [0.15, 0.2) is 131 Å². The zero-order valence-corrected chi connectivity index (χ0v) is 29.1. The van der Waals surface area contributed by atoms with Crippen molar-refractivity contribution in [3.63, 3.8) is 0 Å². The van der Waals surface area contributed by atoms with Crippen LogP contribution in [0.5, 0.6) is 0 Å². The van der Waals surface area contributed by atoms with Gasteiger partial charge in [-0.1, -0.05) is 84.9 Å². The molecule has 5 rings (SSSR count). The van der Waals surface area contributed by atoms with Crippen molar-refractivity contribution in [3.05, 3.63) is 143 Å². The molecule has 0 saturated carbocycles. The molecule has 0 aromatic heterocycles. The average Bonchev–Trinajstić information content (AvgIpc) is 3.45. The standard InChI is InChI=1S/C36H37O9PS2/c1-47-30-17-13-28(14-18-30)22-40-34-33(44-36(38)35(34)41-23-29-15-19-31(48-2)20-16-29)32(21-37)45-46(39,42-24-26-9-5-3-6-10-26)43-25-27-11-7-4-8-12-27/h3-20,32-33,37H,21-25H2,1-2H3/t32-,33+/m0/s1. The monoisotopic (exact) mass is 708 g/mol. The van der Waals surface area contributed by atoms with E-state index in [1.54, 1.807) is 23.5 Å². The summed E-state index contributed by atoms with van der Waals surface area (Å²) in [5.74, 6) is -0.964. The topological polar surface area (TPSA) is 110 Å². The highest BCUT2D eigenvalue weighted by atomic mass is 32.2. The summed E-state index contributed by atoms with van der Waals surface area (Å²) < 4.78 is 49.4. The highest BCUT2D eigenvalue weighted by Gasteiger charge is 2.46. The summed E-state index contributed by atoms with van der Waals surface area (Å²) in [5, 5.41) is 10.5. The summed E-state index contributed by atoms with van der Waals surface area (Å²) in [4.78, 5) is 15.4. The van der Waals surface area contributed by atoms with Gasteiger partial charge < -0.3 is 19.3 Å². The van der Waals surface area contributed by atoms with Gasteiger partial charge in [-0.05, 0) is 59.0 Å². The molecule has 9 nitrogen and oxygen atoms in total. The number of phosphoric ester groups is 1. The fourth-order valence-corrected chi connectivity index (χ4v) is 6.77. The minimum Gasteiger partial charge on any atom is -0.485 e. The van der Waals surface area contributed by atoms with Crippen LogP contribution in [0.25, 0.3) is 0 Å². The van der Waals surface area contributed by atoms with Gasteiger partial charge in [-0.15, -0.1) is 23.5 Å². The van der Waals surface area contributed by atoms with E-state index in [4.69, 9.17) is 27.8 Å². The van der Waals surface area contributed by atoms with Crippen LogP contribution in [-0.2, 0) is 63.6 Å². The van der Waals surface area contributed by atoms with Crippen LogP contribution < -0.4 is 0 Å². The Labute approximate surface area is 289 Å². The third kappa shape index (κ3) is 9.99. The van der Waals surface area contributed by atoms with E-state index in [0.29, 0.717) is 0 Å². The van der Waals surface area contributed by atoms with Gasteiger partial charge in [0.1, 0.15) is 19.3 Å². The maximum absolute atomic E-state index is 14.1. The molecule has 0 unspecified atom stereocenters. The molecule has 4 aromatic carbocycles. The van der Waals surface area contributed by atoms with Crippen LogP contribution in [0, 0.1) is 0 Å². The Bertz CT molecular complexity index is 1640. The van der Waals surface area contributed by atoms with Crippen LogP contribution in [0.4, 0.5) is 0 Å². The van der Waals surface area contributed by atoms with Gasteiger partial charge in [-0.2, -0.15) is 0 Å². The average molecular weight is 709 g/mol. The van der Waals surface area contributed by atoms with E-state index in [9.17, 15) is 14.5 Å². The molecule has 48 heavy (non-hydrogen) atoms. The number of thioether (sulfide) groups is 2. The largest absolute Gasteiger partial charge is 0.485 e. The van der Waals surface area contributed by atoms with E-state index in [1.807, 2.05) is 122 Å². The number of carbonyl (C=O) groups excluding carboxylic acids is 1. The van der Waals surface area contributed by atoms with Crippen molar-refractivity contribution < 1.29 is 42.2 Å². The van der Waals surface area contributed by atoms with Crippen LogP contribution >= 0.6 is 31.3 Å². The van der Waals surface area contributed by atoms with E-state index in [1.165, 1.54) is 0 Å². The van der Waals surface area contributed by atoms with Gasteiger partial charge in [0, 0.05) is 9.79 Å². The first-order chi connectivity index (χ1) is 23.4. The number of aliphatic hydroxyl groups is 1. The Morgan fingerprint density at radius 3 is 1.60 bits per heavy atom. The Balaban J connectivity index is 1.40. The predicted molar refractivity (Wildman–Crippen MR) is 185 cm³/mol. The Kier molecular flexibility index (Phi) is 13.2. The molecule has 0 bridgehead atoms. The number of aliphatic hydroxyl groups excluding tert-OH is 1. The molecule has 1 heterocycles. The van der Waals surface area contributed by atoms with E-state index in [-0.39, 0.29) is 37.9 Å². The molecule has 0 radical (unpaired) electrons. The van der Waals surface area contributed by atoms with Gasteiger partial charge in [0.05, 0.1) is 19.8 Å². The summed E-state index contributed by atoms with van der Waals surface area (Å²) in [6.45, 7) is -0.763. The molecule has 0 amide bonds. The smallest absolute Gasteiger partial charge is 0.475 e. The summed E-state index contributed by atoms with van der Waals surface area (Å²) >= 11 is 3.23. The van der Waals surface area contributed by atoms with Crippen molar-refractivity contribution in [2.75, 3.05) is 19.1 Å². The highest BCUT2D eigenvalue weighted by molar-refractivity contribution is 7.98. The Morgan fingerprint density at radius 2 is 1.15 bits per heavy atom. The minimum absolute atomic E-state index is 0.00592. The second kappa shape index (κ2) is 17.7. The number of ether oxygens (including phenoxy) is 3. The first kappa shape index (κ1) is 35.8. The van der Waals surface area contributed by atoms with E-state index in [0.717, 1.165) is 32.0 Å². The number of hydrogen-bond acceptors (Lipinski definition) is 11. The number of esters is 1. The van der Waals surface area contributed by atoms with Gasteiger partial charge in [0.15, 0.2) is 11.9 Å². The third-order valence-electron chi connectivity index (χ3n) is 7.24. The quantitative estimate of drug-likeness (QED) is 0.0619. The maximum Gasteiger partial charge on any atom is 0.475 e. The van der Waals surface area contributed by atoms with Gasteiger partial charge in [-0.3, -0.25) is 13.6 Å². The van der Waals surface area contributed by atoms with Gasteiger partial charge in [0.25, 0.3) is 0 Å². The van der Waals surface area contributed by atoms with E-state index < -0.39 is 32.6 Å². The van der Waals surface area contributed by atoms with Crippen molar-refractivity contribution in [2.45, 2.75) is 48.4 Å². The van der Waals surface area contributed by atoms with Gasteiger partial charge in [-0.25, -0.2) is 9.36 Å². The predicted octanol–water partition coefficient (Wildman–Crippen LogP) is 7.92.